The van der Waals surface area contributed by atoms with Gasteiger partial charge in [-0.15, -0.1) is 0 Å². The van der Waals surface area contributed by atoms with Gasteiger partial charge >= 0.3 is 0 Å². The number of ketones is 1. The number of allylic oxidation sites excluding steroid dienone is 1. The van der Waals surface area contributed by atoms with Crippen molar-refractivity contribution in [1.82, 2.24) is 0 Å². The van der Waals surface area contributed by atoms with Crippen molar-refractivity contribution in [3.05, 3.63) is 42.2 Å². The van der Waals surface area contributed by atoms with E-state index < -0.39 is 0 Å². The molecule has 0 bridgehead atoms. The predicted molar refractivity (Wildman–Crippen MR) is 64.8 cm³/mol. The largest absolute Gasteiger partial charge is 0.493 e. The van der Waals surface area contributed by atoms with Crippen LogP contribution in [0.1, 0.15) is 31.9 Å². The molecule has 0 saturated carbocycles. The highest BCUT2D eigenvalue weighted by molar-refractivity contribution is 5.90. The number of rotatable bonds is 3. The van der Waals surface area contributed by atoms with E-state index in [1.165, 1.54) is 12.3 Å². The molecule has 1 unspecified atom stereocenters. The molecule has 1 aliphatic rings. The molecule has 0 amide bonds. The lowest BCUT2D eigenvalue weighted by atomic mass is 10.0. The normalized spacial score (nSPS) is 19.2. The highest BCUT2D eigenvalue weighted by Gasteiger charge is 2.19. The molecule has 0 spiro atoms. The van der Waals surface area contributed by atoms with Crippen molar-refractivity contribution in [3.63, 3.8) is 0 Å². The third kappa shape index (κ3) is 3.09. The number of carbonyl (C=O) groups is 1. The van der Waals surface area contributed by atoms with Crippen LogP contribution in [-0.4, -0.2) is 11.9 Å². The van der Waals surface area contributed by atoms with Crippen LogP contribution in [0.3, 0.4) is 0 Å². The molecular weight excluding hydrogens is 216 g/mol. The van der Waals surface area contributed by atoms with E-state index in [4.69, 9.17) is 9.47 Å². The summed E-state index contributed by atoms with van der Waals surface area (Å²) in [6.45, 7) is 3.96. The monoisotopic (exact) mass is 232 g/mol. The number of ether oxygens (including phenoxy) is 2. The van der Waals surface area contributed by atoms with E-state index in [2.05, 4.69) is 0 Å². The molecule has 0 saturated heterocycles. The fourth-order valence-corrected chi connectivity index (χ4v) is 1.77. The van der Waals surface area contributed by atoms with E-state index in [0.29, 0.717) is 6.42 Å². The lowest BCUT2D eigenvalue weighted by Crippen LogP contribution is -2.12. The van der Waals surface area contributed by atoms with Crippen LogP contribution in [0.4, 0.5) is 0 Å². The Morgan fingerprint density at radius 2 is 2.24 bits per heavy atom. The van der Waals surface area contributed by atoms with Crippen molar-refractivity contribution in [2.45, 2.75) is 32.5 Å². The Kier molecular flexibility index (Phi) is 3.47. The molecule has 0 N–H and O–H groups in total. The molecule has 0 radical (unpaired) electrons. The SMILES string of the molecule is CC(C)Oc1cccc(C2CC(=O)C=CO2)c1. The van der Waals surface area contributed by atoms with Gasteiger partial charge in [-0.1, -0.05) is 12.1 Å². The van der Waals surface area contributed by atoms with Crippen molar-refractivity contribution < 1.29 is 14.3 Å². The van der Waals surface area contributed by atoms with E-state index in [0.717, 1.165) is 11.3 Å². The average molecular weight is 232 g/mol. The van der Waals surface area contributed by atoms with E-state index in [1.54, 1.807) is 0 Å². The molecule has 3 heteroatoms. The molecule has 1 aliphatic heterocycles. The van der Waals surface area contributed by atoms with Gasteiger partial charge in [0.2, 0.25) is 0 Å². The molecule has 0 aliphatic carbocycles. The number of hydrogen-bond acceptors (Lipinski definition) is 3. The van der Waals surface area contributed by atoms with E-state index in [9.17, 15) is 4.79 Å². The molecule has 90 valence electrons. The summed E-state index contributed by atoms with van der Waals surface area (Å²) in [5.41, 5.74) is 0.973. The van der Waals surface area contributed by atoms with Crippen molar-refractivity contribution in [1.29, 1.82) is 0 Å². The van der Waals surface area contributed by atoms with E-state index in [-0.39, 0.29) is 18.0 Å². The lowest BCUT2D eigenvalue weighted by Gasteiger charge is -2.20. The number of hydrogen-bond donors (Lipinski definition) is 0. The molecule has 2 rings (SSSR count). The van der Waals surface area contributed by atoms with E-state index in [1.807, 2.05) is 38.1 Å². The first kappa shape index (κ1) is 11.7. The van der Waals surface area contributed by atoms with Crippen LogP contribution in [0.2, 0.25) is 0 Å². The van der Waals surface area contributed by atoms with Gasteiger partial charge < -0.3 is 9.47 Å². The standard InChI is InChI=1S/C14H16O3/c1-10(2)17-13-5-3-4-11(8-13)14-9-12(15)6-7-16-14/h3-8,10,14H,9H2,1-2H3. The van der Waals surface area contributed by atoms with Gasteiger partial charge in [-0.3, -0.25) is 4.79 Å². The Morgan fingerprint density at radius 3 is 2.94 bits per heavy atom. The molecule has 1 heterocycles. The zero-order valence-corrected chi connectivity index (χ0v) is 10.1. The van der Waals surface area contributed by atoms with Crippen molar-refractivity contribution in [2.24, 2.45) is 0 Å². The Labute approximate surface area is 101 Å². The summed E-state index contributed by atoms with van der Waals surface area (Å²) in [5, 5.41) is 0. The van der Waals surface area contributed by atoms with Crippen molar-refractivity contribution in [3.8, 4) is 5.75 Å². The van der Waals surface area contributed by atoms with E-state index >= 15 is 0 Å². The molecule has 1 aromatic rings. The van der Waals surface area contributed by atoms with Gasteiger partial charge in [-0.25, -0.2) is 0 Å². The molecule has 0 fully saturated rings. The third-order valence-electron chi connectivity index (χ3n) is 2.49. The predicted octanol–water partition coefficient (Wildman–Crippen LogP) is 3.02. The third-order valence-corrected chi connectivity index (χ3v) is 2.49. The summed E-state index contributed by atoms with van der Waals surface area (Å²) in [6.07, 6.45) is 3.27. The first-order valence-corrected chi connectivity index (χ1v) is 5.76. The summed E-state index contributed by atoms with van der Waals surface area (Å²) in [6, 6.07) is 7.70. The fourth-order valence-electron chi connectivity index (χ4n) is 1.77. The van der Waals surface area contributed by atoms with Gasteiger partial charge in [0.1, 0.15) is 11.9 Å². The van der Waals surface area contributed by atoms with Gasteiger partial charge in [0.15, 0.2) is 5.78 Å². The fraction of sp³-hybridized carbons (Fsp3) is 0.357. The van der Waals surface area contributed by atoms with Gasteiger partial charge in [0.25, 0.3) is 0 Å². The van der Waals surface area contributed by atoms with Crippen LogP contribution in [0.25, 0.3) is 0 Å². The minimum atomic E-state index is -0.191. The minimum absolute atomic E-state index is 0.0939. The topological polar surface area (TPSA) is 35.5 Å². The van der Waals surface area contributed by atoms with Gasteiger partial charge in [0.05, 0.1) is 18.8 Å². The summed E-state index contributed by atoms with van der Waals surface area (Å²) < 4.78 is 11.1. The second kappa shape index (κ2) is 5.04. The zero-order chi connectivity index (χ0) is 12.3. The molecule has 3 nitrogen and oxygen atoms in total. The average Bonchev–Trinajstić information content (AvgIpc) is 2.28. The first-order valence-electron chi connectivity index (χ1n) is 5.76. The molecule has 0 aromatic heterocycles. The van der Waals surface area contributed by atoms with Crippen LogP contribution < -0.4 is 4.74 Å². The van der Waals surface area contributed by atoms with Crippen LogP contribution in [0, 0.1) is 0 Å². The molecule has 1 atom stereocenters. The lowest BCUT2D eigenvalue weighted by molar-refractivity contribution is -0.118. The number of carbonyl (C=O) groups excluding carboxylic acids is 1. The molecular formula is C14H16O3. The van der Waals surface area contributed by atoms with Crippen molar-refractivity contribution >= 4 is 5.78 Å². The van der Waals surface area contributed by atoms with Crippen LogP contribution in [0.15, 0.2) is 36.6 Å². The Morgan fingerprint density at radius 1 is 1.41 bits per heavy atom. The highest BCUT2D eigenvalue weighted by Crippen LogP contribution is 2.27. The smallest absolute Gasteiger partial charge is 0.162 e. The molecule has 1 aromatic carbocycles. The van der Waals surface area contributed by atoms with Crippen LogP contribution in [-0.2, 0) is 9.53 Å². The van der Waals surface area contributed by atoms with Gasteiger partial charge in [-0.05, 0) is 31.5 Å². The maximum absolute atomic E-state index is 11.3. The summed E-state index contributed by atoms with van der Waals surface area (Å²) in [7, 11) is 0. The van der Waals surface area contributed by atoms with Gasteiger partial charge in [-0.2, -0.15) is 0 Å². The maximum Gasteiger partial charge on any atom is 0.162 e. The first-order chi connectivity index (χ1) is 8.15. The van der Waals surface area contributed by atoms with Crippen LogP contribution >= 0.6 is 0 Å². The highest BCUT2D eigenvalue weighted by atomic mass is 16.5. The summed E-state index contributed by atoms with van der Waals surface area (Å²) in [5.74, 6) is 0.902. The summed E-state index contributed by atoms with van der Waals surface area (Å²) in [4.78, 5) is 11.3. The van der Waals surface area contributed by atoms with Crippen LogP contribution in [0.5, 0.6) is 5.75 Å². The number of benzene rings is 1. The van der Waals surface area contributed by atoms with Gasteiger partial charge in [0, 0.05) is 6.08 Å². The Hall–Kier alpha value is -1.77. The zero-order valence-electron chi connectivity index (χ0n) is 10.1. The quantitative estimate of drug-likeness (QED) is 0.803. The second-order valence-electron chi connectivity index (χ2n) is 4.34. The second-order valence-corrected chi connectivity index (χ2v) is 4.34. The Bertz CT molecular complexity index is 435. The minimum Gasteiger partial charge on any atom is -0.493 e. The maximum atomic E-state index is 11.3. The Balaban J connectivity index is 2.15. The summed E-state index contributed by atoms with van der Waals surface area (Å²) >= 11 is 0. The molecule has 17 heavy (non-hydrogen) atoms. The van der Waals surface area contributed by atoms with Crippen molar-refractivity contribution in [2.75, 3.05) is 0 Å².